The summed E-state index contributed by atoms with van der Waals surface area (Å²) in [4.78, 5) is 11.1. The lowest BCUT2D eigenvalue weighted by atomic mass is 9.97. The van der Waals surface area contributed by atoms with Gasteiger partial charge in [-0.25, -0.2) is 0 Å². The summed E-state index contributed by atoms with van der Waals surface area (Å²) in [7, 11) is 1.64. The number of hydrogen-bond donors (Lipinski definition) is 2. The molecule has 1 aromatic carbocycles. The van der Waals surface area contributed by atoms with Crippen molar-refractivity contribution in [1.29, 1.82) is 0 Å². The molecule has 6 nitrogen and oxygen atoms in total. The van der Waals surface area contributed by atoms with Crippen molar-refractivity contribution in [3.63, 3.8) is 0 Å². The summed E-state index contributed by atoms with van der Waals surface area (Å²) in [5.74, 6) is 0.335. The average Bonchev–Trinajstić information content (AvgIpc) is 2.98. The first-order chi connectivity index (χ1) is 10.2. The molecule has 2 aliphatic rings. The standard InChI is InChI=1S/C15H19NO5/c1-19-8-9-2-3-11(14-13(9)20-4-5-21-14)12-6-10(7-16-12)15(17)18/h2-3,10,12,16H,4-8H2,1H3,(H,17,18). The van der Waals surface area contributed by atoms with E-state index in [0.717, 1.165) is 22.6 Å². The van der Waals surface area contributed by atoms with Crippen molar-refractivity contribution in [3.8, 4) is 11.5 Å². The molecule has 1 fully saturated rings. The Labute approximate surface area is 123 Å². The quantitative estimate of drug-likeness (QED) is 0.872. The number of benzene rings is 1. The Morgan fingerprint density at radius 2 is 2.14 bits per heavy atom. The van der Waals surface area contributed by atoms with Gasteiger partial charge in [0.1, 0.15) is 13.2 Å². The Morgan fingerprint density at radius 3 is 2.81 bits per heavy atom. The van der Waals surface area contributed by atoms with E-state index in [2.05, 4.69) is 5.32 Å². The number of carbonyl (C=O) groups is 1. The summed E-state index contributed by atoms with van der Waals surface area (Å²) in [6.45, 7) is 1.96. The fraction of sp³-hybridized carbons (Fsp3) is 0.533. The third-order valence-corrected chi connectivity index (χ3v) is 3.96. The summed E-state index contributed by atoms with van der Waals surface area (Å²) in [5.41, 5.74) is 1.91. The van der Waals surface area contributed by atoms with Gasteiger partial charge < -0.3 is 24.6 Å². The van der Waals surface area contributed by atoms with E-state index < -0.39 is 5.97 Å². The van der Waals surface area contributed by atoms with Crippen LogP contribution in [0.2, 0.25) is 0 Å². The predicted octanol–water partition coefficient (Wildman–Crippen LogP) is 1.34. The van der Waals surface area contributed by atoms with Crippen molar-refractivity contribution in [2.45, 2.75) is 19.1 Å². The van der Waals surface area contributed by atoms with Crippen molar-refractivity contribution in [1.82, 2.24) is 5.32 Å². The normalized spacial score (nSPS) is 24.0. The highest BCUT2D eigenvalue weighted by Gasteiger charge is 2.33. The highest BCUT2D eigenvalue weighted by atomic mass is 16.6. The Kier molecular flexibility index (Phi) is 3.98. The lowest BCUT2D eigenvalue weighted by Crippen LogP contribution is -2.21. The van der Waals surface area contributed by atoms with Crippen molar-refractivity contribution in [2.75, 3.05) is 26.9 Å². The van der Waals surface area contributed by atoms with Crippen LogP contribution in [0.25, 0.3) is 0 Å². The third-order valence-electron chi connectivity index (χ3n) is 3.96. The molecule has 2 atom stereocenters. The van der Waals surface area contributed by atoms with Crippen LogP contribution < -0.4 is 14.8 Å². The van der Waals surface area contributed by atoms with Crippen LogP contribution in [0.5, 0.6) is 11.5 Å². The molecule has 2 heterocycles. The van der Waals surface area contributed by atoms with Crippen molar-refractivity contribution in [3.05, 3.63) is 23.3 Å². The second-order valence-corrected chi connectivity index (χ2v) is 5.33. The molecule has 6 heteroatoms. The molecular formula is C15H19NO5. The molecular weight excluding hydrogens is 274 g/mol. The Bertz CT molecular complexity index is 545. The van der Waals surface area contributed by atoms with Gasteiger partial charge >= 0.3 is 5.97 Å². The summed E-state index contributed by atoms with van der Waals surface area (Å²) < 4.78 is 16.7. The summed E-state index contributed by atoms with van der Waals surface area (Å²) in [5, 5.41) is 12.4. The number of ether oxygens (including phenoxy) is 3. The molecule has 21 heavy (non-hydrogen) atoms. The largest absolute Gasteiger partial charge is 0.486 e. The van der Waals surface area contributed by atoms with Crippen molar-refractivity contribution < 1.29 is 24.1 Å². The lowest BCUT2D eigenvalue weighted by molar-refractivity contribution is -0.141. The Hall–Kier alpha value is -1.79. The molecule has 3 rings (SSSR count). The molecule has 1 saturated heterocycles. The maximum atomic E-state index is 11.1. The van der Waals surface area contributed by atoms with E-state index in [1.54, 1.807) is 7.11 Å². The van der Waals surface area contributed by atoms with E-state index in [9.17, 15) is 4.79 Å². The molecule has 0 bridgehead atoms. The smallest absolute Gasteiger partial charge is 0.307 e. The van der Waals surface area contributed by atoms with Gasteiger partial charge in [0.15, 0.2) is 11.5 Å². The van der Waals surface area contributed by atoms with Crippen LogP contribution in [0.4, 0.5) is 0 Å². The number of hydrogen-bond acceptors (Lipinski definition) is 5. The average molecular weight is 293 g/mol. The molecule has 2 aliphatic heterocycles. The Morgan fingerprint density at radius 1 is 1.38 bits per heavy atom. The van der Waals surface area contributed by atoms with E-state index >= 15 is 0 Å². The zero-order chi connectivity index (χ0) is 14.8. The highest BCUT2D eigenvalue weighted by Crippen LogP contribution is 2.42. The van der Waals surface area contributed by atoms with E-state index in [0.29, 0.717) is 32.8 Å². The van der Waals surface area contributed by atoms with Crippen molar-refractivity contribution in [2.24, 2.45) is 5.92 Å². The molecule has 0 amide bonds. The van der Waals surface area contributed by atoms with E-state index in [4.69, 9.17) is 19.3 Å². The predicted molar refractivity (Wildman–Crippen MR) is 74.6 cm³/mol. The molecule has 2 unspecified atom stereocenters. The minimum atomic E-state index is -0.757. The molecule has 0 aromatic heterocycles. The van der Waals surface area contributed by atoms with Gasteiger partial charge in [-0.15, -0.1) is 0 Å². The molecule has 0 radical (unpaired) electrons. The summed E-state index contributed by atoms with van der Waals surface area (Å²) >= 11 is 0. The zero-order valence-corrected chi connectivity index (χ0v) is 11.9. The van der Waals surface area contributed by atoms with E-state index in [1.165, 1.54) is 0 Å². The number of carboxylic acid groups (broad SMARTS) is 1. The number of carboxylic acids is 1. The third kappa shape index (κ3) is 2.69. The molecule has 114 valence electrons. The highest BCUT2D eigenvalue weighted by molar-refractivity contribution is 5.71. The van der Waals surface area contributed by atoms with E-state index in [-0.39, 0.29) is 12.0 Å². The number of methoxy groups -OCH3 is 1. The minimum absolute atomic E-state index is 0.0156. The molecule has 0 saturated carbocycles. The molecule has 0 aliphatic carbocycles. The van der Waals surface area contributed by atoms with Gasteiger partial charge in [0, 0.05) is 30.8 Å². The van der Waals surface area contributed by atoms with E-state index in [1.807, 2.05) is 12.1 Å². The fourth-order valence-corrected chi connectivity index (χ4v) is 2.92. The van der Waals surface area contributed by atoms with Gasteiger partial charge in [0.2, 0.25) is 0 Å². The van der Waals surface area contributed by atoms with Crippen LogP contribution in [-0.4, -0.2) is 37.9 Å². The maximum Gasteiger partial charge on any atom is 0.307 e. The first-order valence-corrected chi connectivity index (χ1v) is 7.07. The second kappa shape index (κ2) is 5.91. The second-order valence-electron chi connectivity index (χ2n) is 5.33. The summed E-state index contributed by atoms with van der Waals surface area (Å²) in [6.07, 6.45) is 0.564. The minimum Gasteiger partial charge on any atom is -0.486 e. The maximum absolute atomic E-state index is 11.1. The van der Waals surface area contributed by atoms with Crippen LogP contribution in [0.1, 0.15) is 23.6 Å². The first kappa shape index (κ1) is 14.2. The number of fused-ring (bicyclic) bond motifs is 1. The van der Waals surface area contributed by atoms with Gasteiger partial charge in [-0.3, -0.25) is 4.79 Å². The van der Waals surface area contributed by atoms with Crippen LogP contribution in [-0.2, 0) is 16.1 Å². The van der Waals surface area contributed by atoms with Gasteiger partial charge in [0.25, 0.3) is 0 Å². The fourth-order valence-electron chi connectivity index (χ4n) is 2.92. The van der Waals surface area contributed by atoms with Crippen LogP contribution in [0.3, 0.4) is 0 Å². The molecule has 2 N–H and O–H groups in total. The van der Waals surface area contributed by atoms with Gasteiger partial charge in [-0.2, -0.15) is 0 Å². The number of rotatable bonds is 4. The topological polar surface area (TPSA) is 77.0 Å². The lowest BCUT2D eigenvalue weighted by Gasteiger charge is -2.25. The van der Waals surface area contributed by atoms with Crippen LogP contribution >= 0.6 is 0 Å². The zero-order valence-electron chi connectivity index (χ0n) is 11.9. The van der Waals surface area contributed by atoms with Crippen LogP contribution in [0.15, 0.2) is 12.1 Å². The van der Waals surface area contributed by atoms with Crippen molar-refractivity contribution >= 4 is 5.97 Å². The van der Waals surface area contributed by atoms with Crippen LogP contribution in [0, 0.1) is 5.92 Å². The van der Waals surface area contributed by atoms with Gasteiger partial charge in [0.05, 0.1) is 12.5 Å². The molecule has 0 spiro atoms. The molecule has 1 aromatic rings. The first-order valence-electron chi connectivity index (χ1n) is 7.07. The Balaban J connectivity index is 1.91. The number of nitrogens with one attached hydrogen (secondary N) is 1. The van der Waals surface area contributed by atoms with Gasteiger partial charge in [-0.05, 0) is 6.42 Å². The van der Waals surface area contributed by atoms with Gasteiger partial charge in [-0.1, -0.05) is 12.1 Å². The SMILES string of the molecule is COCc1ccc(C2CC(C(=O)O)CN2)c2c1OCCO2. The summed E-state index contributed by atoms with van der Waals surface area (Å²) in [6, 6.07) is 3.92. The number of aliphatic carboxylic acids is 1. The monoisotopic (exact) mass is 293 g/mol.